The van der Waals surface area contributed by atoms with E-state index in [2.05, 4.69) is 0 Å². The van der Waals surface area contributed by atoms with Crippen LogP contribution in [0.25, 0.3) is 0 Å². The van der Waals surface area contributed by atoms with Gasteiger partial charge in [0.2, 0.25) is 5.91 Å². The van der Waals surface area contributed by atoms with E-state index in [4.69, 9.17) is 4.74 Å². The first kappa shape index (κ1) is 14.5. The standard InChI is InChI=1S/C15H19NO4/c1-11(17)16(13-8-9-13)15(10-20-2,14(18)19)12-6-4-3-5-7-12/h3-7,13H,8-10H2,1-2H3,(H,18,19). The highest BCUT2D eigenvalue weighted by Crippen LogP contribution is 2.39. The van der Waals surface area contributed by atoms with Crippen LogP contribution < -0.4 is 0 Å². The van der Waals surface area contributed by atoms with Crippen molar-refractivity contribution in [3.8, 4) is 0 Å². The molecule has 1 aromatic rings. The molecule has 0 saturated heterocycles. The number of methoxy groups -OCH3 is 1. The van der Waals surface area contributed by atoms with Crippen molar-refractivity contribution in [1.29, 1.82) is 0 Å². The molecule has 1 aromatic carbocycles. The minimum Gasteiger partial charge on any atom is -0.479 e. The fraction of sp³-hybridized carbons (Fsp3) is 0.467. The molecule has 1 amide bonds. The number of hydrogen-bond donors (Lipinski definition) is 1. The van der Waals surface area contributed by atoms with Gasteiger partial charge in [0.05, 0.1) is 6.61 Å². The maximum absolute atomic E-state index is 12.0. The van der Waals surface area contributed by atoms with Crippen molar-refractivity contribution in [2.75, 3.05) is 13.7 Å². The van der Waals surface area contributed by atoms with E-state index in [1.165, 1.54) is 18.9 Å². The first-order valence-electron chi connectivity index (χ1n) is 6.61. The lowest BCUT2D eigenvalue weighted by Crippen LogP contribution is -2.57. The number of benzene rings is 1. The number of ether oxygens (including phenoxy) is 1. The van der Waals surface area contributed by atoms with Gasteiger partial charge in [0.1, 0.15) is 0 Å². The second kappa shape index (κ2) is 5.63. The van der Waals surface area contributed by atoms with E-state index in [0.717, 1.165) is 12.8 Å². The fourth-order valence-corrected chi connectivity index (χ4v) is 2.67. The third-order valence-electron chi connectivity index (χ3n) is 3.62. The summed E-state index contributed by atoms with van der Waals surface area (Å²) in [4.78, 5) is 25.5. The largest absolute Gasteiger partial charge is 0.479 e. The van der Waals surface area contributed by atoms with Gasteiger partial charge in [-0.05, 0) is 18.4 Å². The Bertz CT molecular complexity index is 498. The van der Waals surface area contributed by atoms with Crippen molar-refractivity contribution in [2.24, 2.45) is 0 Å². The molecule has 20 heavy (non-hydrogen) atoms. The summed E-state index contributed by atoms with van der Waals surface area (Å²) >= 11 is 0. The van der Waals surface area contributed by atoms with Crippen LogP contribution in [0.2, 0.25) is 0 Å². The van der Waals surface area contributed by atoms with Crippen molar-refractivity contribution in [3.63, 3.8) is 0 Å². The van der Waals surface area contributed by atoms with Crippen LogP contribution in [0.5, 0.6) is 0 Å². The average molecular weight is 277 g/mol. The number of hydrogen-bond acceptors (Lipinski definition) is 3. The highest BCUT2D eigenvalue weighted by atomic mass is 16.5. The maximum Gasteiger partial charge on any atom is 0.336 e. The molecule has 1 aliphatic rings. The van der Waals surface area contributed by atoms with Crippen molar-refractivity contribution >= 4 is 11.9 Å². The summed E-state index contributed by atoms with van der Waals surface area (Å²) in [5.74, 6) is -1.30. The molecule has 0 radical (unpaired) electrons. The van der Waals surface area contributed by atoms with Gasteiger partial charge in [-0.15, -0.1) is 0 Å². The lowest BCUT2D eigenvalue weighted by Gasteiger charge is -2.40. The molecular weight excluding hydrogens is 258 g/mol. The molecule has 0 heterocycles. The zero-order chi connectivity index (χ0) is 14.8. The van der Waals surface area contributed by atoms with Crippen LogP contribution >= 0.6 is 0 Å². The fourth-order valence-electron chi connectivity index (χ4n) is 2.67. The summed E-state index contributed by atoms with van der Waals surface area (Å²) in [5, 5.41) is 9.83. The quantitative estimate of drug-likeness (QED) is 0.858. The highest BCUT2D eigenvalue weighted by molar-refractivity contribution is 5.88. The number of aliphatic carboxylic acids is 1. The SMILES string of the molecule is COCC(C(=O)O)(c1ccccc1)N(C(C)=O)C1CC1. The normalized spacial score (nSPS) is 17.3. The predicted octanol–water partition coefficient (Wildman–Crippen LogP) is 1.62. The molecule has 5 nitrogen and oxygen atoms in total. The Balaban J connectivity index is 2.57. The van der Waals surface area contributed by atoms with Gasteiger partial charge in [0, 0.05) is 20.1 Å². The summed E-state index contributed by atoms with van der Waals surface area (Å²) in [6.45, 7) is 1.34. The topological polar surface area (TPSA) is 66.8 Å². The van der Waals surface area contributed by atoms with Crippen LogP contribution in [-0.2, 0) is 19.9 Å². The predicted molar refractivity (Wildman–Crippen MR) is 73.2 cm³/mol. The lowest BCUT2D eigenvalue weighted by molar-refractivity contribution is -0.165. The van der Waals surface area contributed by atoms with Gasteiger partial charge in [0.15, 0.2) is 5.54 Å². The molecule has 5 heteroatoms. The first-order valence-corrected chi connectivity index (χ1v) is 6.61. The molecule has 0 aliphatic heterocycles. The Kier molecular flexibility index (Phi) is 4.09. The summed E-state index contributed by atoms with van der Waals surface area (Å²) in [5.41, 5.74) is -0.889. The van der Waals surface area contributed by atoms with Crippen LogP contribution in [0.15, 0.2) is 30.3 Å². The number of carboxylic acids is 1. The van der Waals surface area contributed by atoms with E-state index in [0.29, 0.717) is 5.56 Å². The Morgan fingerprint density at radius 3 is 2.35 bits per heavy atom. The molecular formula is C15H19NO4. The molecule has 108 valence electrons. The Labute approximate surface area is 118 Å². The molecule has 1 unspecified atom stereocenters. The van der Waals surface area contributed by atoms with Gasteiger partial charge >= 0.3 is 5.97 Å². The summed E-state index contributed by atoms with van der Waals surface area (Å²) < 4.78 is 5.16. The molecule has 0 bridgehead atoms. The molecule has 0 spiro atoms. The summed E-state index contributed by atoms with van der Waals surface area (Å²) in [6.07, 6.45) is 1.68. The summed E-state index contributed by atoms with van der Waals surface area (Å²) in [6, 6.07) is 8.80. The van der Waals surface area contributed by atoms with E-state index < -0.39 is 11.5 Å². The van der Waals surface area contributed by atoms with Crippen LogP contribution in [0.1, 0.15) is 25.3 Å². The smallest absolute Gasteiger partial charge is 0.336 e. The van der Waals surface area contributed by atoms with Crippen molar-refractivity contribution in [2.45, 2.75) is 31.3 Å². The van der Waals surface area contributed by atoms with E-state index in [1.54, 1.807) is 24.3 Å². The minimum atomic E-state index is -1.46. The average Bonchev–Trinajstić information content (AvgIpc) is 3.23. The second-order valence-electron chi connectivity index (χ2n) is 5.08. The van der Waals surface area contributed by atoms with Crippen LogP contribution in [0.3, 0.4) is 0 Å². The molecule has 0 aromatic heterocycles. The van der Waals surface area contributed by atoms with Gasteiger partial charge in [-0.3, -0.25) is 4.79 Å². The van der Waals surface area contributed by atoms with Gasteiger partial charge in [-0.25, -0.2) is 4.79 Å². The Morgan fingerprint density at radius 1 is 1.35 bits per heavy atom. The zero-order valence-corrected chi connectivity index (χ0v) is 11.7. The highest BCUT2D eigenvalue weighted by Gasteiger charge is 2.52. The van der Waals surface area contributed by atoms with Crippen LogP contribution in [0.4, 0.5) is 0 Å². The van der Waals surface area contributed by atoms with Crippen LogP contribution in [0, 0.1) is 0 Å². The number of carbonyl (C=O) groups is 2. The third kappa shape index (κ3) is 2.41. The van der Waals surface area contributed by atoms with Crippen molar-refractivity contribution < 1.29 is 19.4 Å². The van der Waals surface area contributed by atoms with Crippen LogP contribution in [-0.4, -0.2) is 41.6 Å². The number of rotatable bonds is 6. The maximum atomic E-state index is 12.0. The first-order chi connectivity index (χ1) is 9.54. The molecule has 1 atom stereocenters. The molecule has 1 fully saturated rings. The molecule has 1 saturated carbocycles. The van der Waals surface area contributed by atoms with Gasteiger partial charge in [-0.1, -0.05) is 30.3 Å². The third-order valence-corrected chi connectivity index (χ3v) is 3.62. The summed E-state index contributed by atoms with van der Waals surface area (Å²) in [7, 11) is 1.45. The number of amides is 1. The minimum absolute atomic E-state index is 0.0149. The van der Waals surface area contributed by atoms with E-state index in [1.807, 2.05) is 6.07 Å². The Hall–Kier alpha value is -1.88. The van der Waals surface area contributed by atoms with E-state index in [-0.39, 0.29) is 18.6 Å². The lowest BCUT2D eigenvalue weighted by atomic mass is 9.88. The van der Waals surface area contributed by atoms with Crippen molar-refractivity contribution in [3.05, 3.63) is 35.9 Å². The van der Waals surface area contributed by atoms with Gasteiger partial charge in [0.25, 0.3) is 0 Å². The molecule has 1 aliphatic carbocycles. The van der Waals surface area contributed by atoms with E-state index in [9.17, 15) is 14.7 Å². The number of nitrogens with zero attached hydrogens (tertiary/aromatic N) is 1. The van der Waals surface area contributed by atoms with Gasteiger partial charge < -0.3 is 14.7 Å². The number of carbonyl (C=O) groups excluding carboxylic acids is 1. The Morgan fingerprint density at radius 2 is 1.95 bits per heavy atom. The second-order valence-corrected chi connectivity index (χ2v) is 5.08. The molecule has 2 rings (SSSR count). The van der Waals surface area contributed by atoms with Crippen molar-refractivity contribution in [1.82, 2.24) is 4.90 Å². The van der Waals surface area contributed by atoms with E-state index >= 15 is 0 Å². The monoisotopic (exact) mass is 277 g/mol. The molecule has 1 N–H and O–H groups in total. The zero-order valence-electron chi connectivity index (χ0n) is 11.7. The number of carboxylic acid groups (broad SMARTS) is 1. The van der Waals surface area contributed by atoms with Gasteiger partial charge in [-0.2, -0.15) is 0 Å².